The summed E-state index contributed by atoms with van der Waals surface area (Å²) in [5, 5.41) is 6.85. The van der Waals surface area contributed by atoms with Gasteiger partial charge >= 0.3 is 0 Å². The van der Waals surface area contributed by atoms with Crippen LogP contribution in [0.5, 0.6) is 0 Å². The first kappa shape index (κ1) is 16.5. The van der Waals surface area contributed by atoms with Gasteiger partial charge in [0.15, 0.2) is 21.9 Å². The van der Waals surface area contributed by atoms with Crippen LogP contribution >= 0.6 is 0 Å². The van der Waals surface area contributed by atoms with Gasteiger partial charge in [0, 0.05) is 0 Å². The minimum Gasteiger partial charge on any atom is -0.540 e. The zero-order valence-electron chi connectivity index (χ0n) is 12.8. The van der Waals surface area contributed by atoms with Crippen LogP contribution in [-0.4, -0.2) is 57.3 Å². The fourth-order valence-electron chi connectivity index (χ4n) is 3.11. The Hall–Kier alpha value is -0.330. The van der Waals surface area contributed by atoms with E-state index in [-0.39, 0.29) is 12.7 Å². The summed E-state index contributed by atoms with van der Waals surface area (Å²) >= 11 is 0. The first-order chi connectivity index (χ1) is 9.92. The van der Waals surface area contributed by atoms with Gasteiger partial charge in [0.05, 0.1) is 6.61 Å². The van der Waals surface area contributed by atoms with Crippen molar-refractivity contribution in [1.82, 2.24) is 0 Å². The topological polar surface area (TPSA) is 113 Å². The van der Waals surface area contributed by atoms with Crippen molar-refractivity contribution in [3.8, 4) is 0 Å². The highest BCUT2D eigenvalue weighted by atomic mass is 32.2. The van der Waals surface area contributed by atoms with Crippen LogP contribution in [-0.2, 0) is 38.2 Å². The van der Waals surface area contributed by atoms with E-state index in [1.54, 1.807) is 27.7 Å². The van der Waals surface area contributed by atoms with Crippen molar-refractivity contribution in [3.63, 3.8) is 0 Å². The molecule has 3 saturated heterocycles. The minimum absolute atomic E-state index is 0.144. The van der Waals surface area contributed by atoms with E-state index in [0.29, 0.717) is 0 Å². The third-order valence-corrected chi connectivity index (χ3v) is 4.12. The molecule has 0 spiro atoms. The zero-order valence-corrected chi connectivity index (χ0v) is 13.6. The van der Waals surface area contributed by atoms with E-state index in [1.165, 1.54) is 0 Å². The zero-order chi connectivity index (χ0) is 16.4. The summed E-state index contributed by atoms with van der Waals surface area (Å²) < 4.78 is 55.5. The van der Waals surface area contributed by atoms with Crippen LogP contribution in [0.2, 0.25) is 0 Å². The third-order valence-electron chi connectivity index (χ3n) is 3.69. The summed E-state index contributed by atoms with van der Waals surface area (Å²) in [6.45, 7) is 6.58. The summed E-state index contributed by atoms with van der Waals surface area (Å²) in [5.74, 6) is -3.26. The Balaban J connectivity index is 1.87. The maximum Gasteiger partial charge on any atom is 0.225 e. The minimum atomic E-state index is -4.39. The second kappa shape index (κ2) is 4.84. The molecule has 3 aliphatic rings. The van der Waals surface area contributed by atoms with Gasteiger partial charge in [-0.15, -0.1) is 0 Å². The molecule has 0 aromatic rings. The van der Waals surface area contributed by atoms with Crippen LogP contribution in [0.15, 0.2) is 0 Å². The van der Waals surface area contributed by atoms with E-state index >= 15 is 0 Å². The van der Waals surface area contributed by atoms with Crippen molar-refractivity contribution in [3.05, 3.63) is 5.14 Å². The molecule has 10 heteroatoms. The Morgan fingerprint density at radius 2 is 1.82 bits per heavy atom. The Morgan fingerprint density at radius 3 is 2.45 bits per heavy atom. The third kappa shape index (κ3) is 3.02. The maximum absolute atomic E-state index is 11.0. The molecule has 22 heavy (non-hydrogen) atoms. The molecule has 3 fully saturated rings. The van der Waals surface area contributed by atoms with Crippen molar-refractivity contribution in [1.29, 1.82) is 0 Å². The van der Waals surface area contributed by atoms with Gasteiger partial charge < -0.3 is 28.8 Å². The molecule has 4 atom stereocenters. The van der Waals surface area contributed by atoms with Crippen molar-refractivity contribution in [2.75, 3.05) is 13.2 Å². The van der Waals surface area contributed by atoms with E-state index in [2.05, 4.69) is 4.18 Å². The van der Waals surface area contributed by atoms with E-state index in [0.717, 1.165) is 0 Å². The molecule has 0 bridgehead atoms. The largest absolute Gasteiger partial charge is 0.540 e. The second-order valence-electron chi connectivity index (χ2n) is 6.52. The highest BCUT2D eigenvalue weighted by molar-refractivity contribution is 7.88. The SMILES string of the molecule is CC1(C)O[C@H]2[C@H](CO[C@]3(COS([NH-])(=O)=O)OC(C)(C)O[C@H]23)O1. The molecule has 3 rings (SSSR count). The van der Waals surface area contributed by atoms with Crippen LogP contribution in [0.25, 0.3) is 5.14 Å². The van der Waals surface area contributed by atoms with E-state index in [1.807, 2.05) is 0 Å². The standard InChI is InChI=1S/C12H20NO8S/c1-10(2)18-7-5-16-12(6-17-22(13,14)15)9(8(7)19-10)20-11(3,4)21-12/h7-9H,5-6H2,1-4H3,(H-,13,14,15)/q-1/t7-,8-,9+,12+/m0/s1. The first-order valence-corrected chi connectivity index (χ1v) is 8.34. The lowest BCUT2D eigenvalue weighted by Gasteiger charge is -2.40. The molecule has 128 valence electrons. The summed E-state index contributed by atoms with van der Waals surface area (Å²) in [7, 11) is -4.39. The predicted molar refractivity (Wildman–Crippen MR) is 71.7 cm³/mol. The maximum atomic E-state index is 11.0. The predicted octanol–water partition coefficient (Wildman–Crippen LogP) is 0.698. The molecule has 0 aliphatic carbocycles. The molecular weight excluding hydrogens is 318 g/mol. The number of hydrogen-bond donors (Lipinski definition) is 0. The van der Waals surface area contributed by atoms with Gasteiger partial charge in [-0.05, 0) is 27.7 Å². The van der Waals surface area contributed by atoms with Gasteiger partial charge in [-0.3, -0.25) is 4.18 Å². The van der Waals surface area contributed by atoms with Crippen LogP contribution < -0.4 is 0 Å². The van der Waals surface area contributed by atoms with E-state index in [4.69, 9.17) is 28.8 Å². The molecule has 0 aromatic carbocycles. The average molecular weight is 338 g/mol. The second-order valence-corrected chi connectivity index (χ2v) is 7.66. The molecule has 1 N–H and O–H groups in total. The van der Waals surface area contributed by atoms with Gasteiger partial charge in [-0.1, -0.05) is 0 Å². The van der Waals surface area contributed by atoms with E-state index < -0.39 is 46.5 Å². The van der Waals surface area contributed by atoms with E-state index in [9.17, 15) is 8.42 Å². The molecule has 0 aromatic heterocycles. The van der Waals surface area contributed by atoms with Gasteiger partial charge in [0.1, 0.15) is 24.9 Å². The van der Waals surface area contributed by atoms with Crippen LogP contribution in [0.1, 0.15) is 27.7 Å². The van der Waals surface area contributed by atoms with Gasteiger partial charge in [0.25, 0.3) is 0 Å². The average Bonchev–Trinajstić information content (AvgIpc) is 2.78. The van der Waals surface area contributed by atoms with Crippen LogP contribution in [0.4, 0.5) is 0 Å². The fraction of sp³-hybridized carbons (Fsp3) is 1.00. The number of nitrogens with one attached hydrogen (secondary N) is 1. The molecule has 0 saturated carbocycles. The van der Waals surface area contributed by atoms with Crippen molar-refractivity contribution in [2.45, 2.75) is 63.4 Å². The highest BCUT2D eigenvalue weighted by Gasteiger charge is 2.65. The lowest BCUT2D eigenvalue weighted by atomic mass is 9.98. The number of ether oxygens (including phenoxy) is 5. The summed E-state index contributed by atoms with van der Waals surface area (Å²) in [6, 6.07) is 0. The molecule has 3 heterocycles. The molecule has 0 unspecified atom stereocenters. The Bertz CT molecular complexity index is 561. The molecule has 3 aliphatic heterocycles. The Morgan fingerprint density at radius 1 is 1.14 bits per heavy atom. The highest BCUT2D eigenvalue weighted by Crippen LogP contribution is 2.47. The molecule has 9 nitrogen and oxygen atoms in total. The Kier molecular flexibility index (Phi) is 3.63. The van der Waals surface area contributed by atoms with Gasteiger partial charge in [0.2, 0.25) is 5.79 Å². The van der Waals surface area contributed by atoms with Crippen molar-refractivity contribution < 1.29 is 36.3 Å². The fourth-order valence-corrected chi connectivity index (χ4v) is 3.43. The molecular formula is C12H20NO8S-. The molecule has 0 amide bonds. The monoisotopic (exact) mass is 338 g/mol. The van der Waals surface area contributed by atoms with Crippen molar-refractivity contribution >= 4 is 10.3 Å². The normalized spacial score (nSPS) is 42.9. The van der Waals surface area contributed by atoms with Gasteiger partial charge in [-0.25, -0.2) is 8.42 Å². The summed E-state index contributed by atoms with van der Waals surface area (Å²) in [4.78, 5) is 0. The number of hydrogen-bond acceptors (Lipinski definition) is 8. The van der Waals surface area contributed by atoms with Crippen LogP contribution in [0.3, 0.4) is 0 Å². The lowest BCUT2D eigenvalue weighted by Crippen LogP contribution is -2.60. The Labute approximate surface area is 129 Å². The number of rotatable bonds is 3. The smallest absolute Gasteiger partial charge is 0.225 e. The quantitative estimate of drug-likeness (QED) is 0.739. The summed E-state index contributed by atoms with van der Waals surface area (Å²) in [6.07, 6.45) is -1.56. The van der Waals surface area contributed by atoms with Crippen molar-refractivity contribution in [2.24, 2.45) is 0 Å². The summed E-state index contributed by atoms with van der Waals surface area (Å²) in [5.41, 5.74) is 0. The van der Waals surface area contributed by atoms with Crippen LogP contribution in [0, 0.1) is 0 Å². The first-order valence-electron chi connectivity index (χ1n) is 6.93. The molecule has 0 radical (unpaired) electrons. The number of fused-ring (bicyclic) bond motifs is 3. The lowest BCUT2D eigenvalue weighted by molar-refractivity contribution is -0.290. The van der Waals surface area contributed by atoms with Gasteiger partial charge in [-0.2, -0.15) is 0 Å².